The lowest BCUT2D eigenvalue weighted by atomic mass is 10.1. The maximum Gasteiger partial charge on any atom is 0.271 e. The normalized spacial score (nSPS) is 13.5. The highest BCUT2D eigenvalue weighted by Crippen LogP contribution is 2.19. The van der Waals surface area contributed by atoms with Crippen LogP contribution in [0, 0.1) is 6.92 Å². The number of carbonyl (C=O) groups is 1. The van der Waals surface area contributed by atoms with Crippen LogP contribution in [-0.2, 0) is 13.0 Å². The third-order valence-electron chi connectivity index (χ3n) is 3.69. The molecule has 1 amide bonds. The zero-order chi connectivity index (χ0) is 18.4. The zero-order valence-corrected chi connectivity index (χ0v) is 14.6. The number of aliphatic hydroxyl groups excluding tert-OH is 1. The Bertz CT molecular complexity index is 707. The Morgan fingerprint density at radius 2 is 2.28 bits per heavy atom. The molecule has 0 aliphatic rings. The van der Waals surface area contributed by atoms with Crippen molar-refractivity contribution in [2.45, 2.75) is 52.4 Å². The molecule has 4 N–H and O–H groups in total. The summed E-state index contributed by atoms with van der Waals surface area (Å²) in [5, 5.41) is 31.4. The van der Waals surface area contributed by atoms with Crippen molar-refractivity contribution in [2.24, 2.45) is 0 Å². The second kappa shape index (κ2) is 8.13. The van der Waals surface area contributed by atoms with E-state index in [4.69, 9.17) is 14.4 Å². The Morgan fingerprint density at radius 3 is 2.96 bits per heavy atom. The minimum Gasteiger partial charge on any atom is -0.472 e. The van der Waals surface area contributed by atoms with Crippen molar-refractivity contribution >= 4 is 5.91 Å². The fraction of sp³-hybridized carbons (Fsp3) is 0.562. The summed E-state index contributed by atoms with van der Waals surface area (Å²) in [5.41, 5.74) is 0.145. The number of nitrogens with zero attached hydrogens (tertiary/aromatic N) is 2. The molecule has 0 aliphatic carbocycles. The van der Waals surface area contributed by atoms with Gasteiger partial charge < -0.3 is 24.8 Å². The number of ether oxygens (including phenoxy) is 1. The van der Waals surface area contributed by atoms with E-state index in [0.717, 1.165) is 30.5 Å². The number of carbonyl (C=O) groups excluding carboxylic acids is 1. The number of aromatic amines is 1. The van der Waals surface area contributed by atoms with Gasteiger partial charge >= 0.3 is 0 Å². The Hall–Kier alpha value is -2.39. The number of hydrogen-bond acceptors (Lipinski definition) is 7. The maximum absolute atomic E-state index is 12.0. The van der Waals surface area contributed by atoms with E-state index in [-0.39, 0.29) is 18.2 Å². The van der Waals surface area contributed by atoms with Gasteiger partial charge in [-0.15, -0.1) is 5.10 Å². The van der Waals surface area contributed by atoms with Crippen LogP contribution in [0.25, 0.3) is 0 Å². The smallest absolute Gasteiger partial charge is 0.271 e. The van der Waals surface area contributed by atoms with Crippen molar-refractivity contribution in [1.82, 2.24) is 20.7 Å². The van der Waals surface area contributed by atoms with Crippen LogP contribution in [0.2, 0.25) is 0 Å². The maximum atomic E-state index is 12.0. The number of aryl methyl sites for hydroxylation is 2. The first-order chi connectivity index (χ1) is 11.9. The molecule has 2 aromatic heterocycles. The summed E-state index contributed by atoms with van der Waals surface area (Å²) in [5.74, 6) is 0.320. The first-order valence-electron chi connectivity index (χ1n) is 8.14. The minimum absolute atomic E-state index is 0.108. The summed E-state index contributed by atoms with van der Waals surface area (Å²) in [6.07, 6.45) is 2.88. The third-order valence-corrected chi connectivity index (χ3v) is 3.69. The van der Waals surface area contributed by atoms with Crippen molar-refractivity contribution in [3.63, 3.8) is 0 Å². The molecule has 2 rings (SSSR count). The topological polar surface area (TPSA) is 134 Å². The molecule has 2 aromatic rings. The molecule has 0 aliphatic heterocycles. The van der Waals surface area contributed by atoms with Crippen molar-refractivity contribution < 1.29 is 24.3 Å². The number of nitrogens with one attached hydrogen (secondary N) is 2. The lowest BCUT2D eigenvalue weighted by Crippen LogP contribution is -2.48. The highest BCUT2D eigenvalue weighted by Gasteiger charge is 2.23. The van der Waals surface area contributed by atoms with Crippen LogP contribution in [0.5, 0.6) is 5.88 Å². The molecule has 0 saturated heterocycles. The zero-order valence-electron chi connectivity index (χ0n) is 14.6. The molecule has 1 atom stereocenters. The van der Waals surface area contributed by atoms with Crippen molar-refractivity contribution in [3.05, 3.63) is 28.8 Å². The Kier molecular flexibility index (Phi) is 6.16. The molecule has 0 fully saturated rings. The highest BCUT2D eigenvalue weighted by atomic mass is 16.5. The van der Waals surface area contributed by atoms with E-state index in [9.17, 15) is 9.90 Å². The highest BCUT2D eigenvalue weighted by molar-refractivity contribution is 5.92. The van der Waals surface area contributed by atoms with E-state index >= 15 is 0 Å². The average molecular weight is 352 g/mol. The summed E-state index contributed by atoms with van der Waals surface area (Å²) in [6, 6.07) is 1.41. The monoisotopic (exact) mass is 352 g/mol. The molecule has 2 heterocycles. The van der Waals surface area contributed by atoms with Gasteiger partial charge in [0.05, 0.1) is 17.9 Å². The molecule has 0 radical (unpaired) electrons. The molecule has 138 valence electrons. The second-order valence-electron chi connectivity index (χ2n) is 6.06. The van der Waals surface area contributed by atoms with Crippen LogP contribution in [0.3, 0.4) is 0 Å². The lowest BCUT2D eigenvalue weighted by molar-refractivity contribution is -0.0218. The fourth-order valence-electron chi connectivity index (χ4n) is 2.15. The summed E-state index contributed by atoms with van der Waals surface area (Å²) in [6.45, 7) is 4.83. The van der Waals surface area contributed by atoms with Crippen LogP contribution in [0.4, 0.5) is 0 Å². The van der Waals surface area contributed by atoms with Gasteiger partial charge in [0.25, 0.3) is 5.91 Å². The van der Waals surface area contributed by atoms with Crippen LogP contribution < -0.4 is 10.1 Å². The predicted molar refractivity (Wildman–Crippen MR) is 87.9 cm³/mol. The van der Waals surface area contributed by atoms with Gasteiger partial charge in [-0.1, -0.05) is 18.5 Å². The van der Waals surface area contributed by atoms with Crippen LogP contribution in [0.15, 0.2) is 10.6 Å². The van der Waals surface area contributed by atoms with Crippen molar-refractivity contribution in [2.75, 3.05) is 6.61 Å². The van der Waals surface area contributed by atoms with Crippen LogP contribution >= 0.6 is 0 Å². The summed E-state index contributed by atoms with van der Waals surface area (Å²) in [7, 11) is 0. The van der Waals surface area contributed by atoms with Gasteiger partial charge in [-0.05, 0) is 26.7 Å². The third kappa shape index (κ3) is 5.04. The molecule has 0 spiro atoms. The number of unbranched alkanes of at least 4 members (excludes halogenated alkanes) is 1. The van der Waals surface area contributed by atoms with Gasteiger partial charge in [0.1, 0.15) is 18.1 Å². The average Bonchev–Trinajstić information content (AvgIpc) is 3.17. The summed E-state index contributed by atoms with van der Waals surface area (Å²) < 4.78 is 10.8. The Morgan fingerprint density at radius 1 is 1.52 bits per heavy atom. The number of aromatic nitrogens is 3. The molecule has 0 bridgehead atoms. The van der Waals surface area contributed by atoms with E-state index in [1.807, 2.05) is 6.92 Å². The summed E-state index contributed by atoms with van der Waals surface area (Å²) >= 11 is 0. The van der Waals surface area contributed by atoms with Gasteiger partial charge in [-0.25, -0.2) is 0 Å². The quantitative estimate of drug-likeness (QED) is 0.496. The lowest BCUT2D eigenvalue weighted by Gasteiger charge is -2.21. The Balaban J connectivity index is 1.98. The van der Waals surface area contributed by atoms with E-state index in [1.54, 1.807) is 0 Å². The molecule has 25 heavy (non-hydrogen) atoms. The van der Waals surface area contributed by atoms with E-state index in [2.05, 4.69) is 27.6 Å². The first-order valence-corrected chi connectivity index (χ1v) is 8.14. The van der Waals surface area contributed by atoms with Gasteiger partial charge in [-0.2, -0.15) is 0 Å². The van der Waals surface area contributed by atoms with Gasteiger partial charge in [-0.3, -0.25) is 9.89 Å². The standard InChI is InChI=1S/C16H24N4O5/c1-4-5-6-12-11(10(2)25-20-12)8-24-14-7-13(18-19-14)15(22)17-16(3,23)9-21/h7,21,23H,4-6,8-9H2,1-3H3,(H,17,22)(H,18,19). The predicted octanol–water partition coefficient (Wildman–Crippen LogP) is 1.06. The first kappa shape index (κ1) is 18.9. The van der Waals surface area contributed by atoms with Crippen LogP contribution in [0.1, 0.15) is 54.2 Å². The number of hydrogen-bond donors (Lipinski definition) is 4. The SMILES string of the molecule is CCCCc1noc(C)c1COc1cc(C(=O)NC(C)(O)CO)[nH]n1. The molecular weight excluding hydrogens is 328 g/mol. The molecule has 9 nitrogen and oxygen atoms in total. The van der Waals surface area contributed by atoms with Crippen molar-refractivity contribution in [1.29, 1.82) is 0 Å². The van der Waals surface area contributed by atoms with E-state index < -0.39 is 18.2 Å². The molecule has 1 unspecified atom stereocenters. The molecule has 9 heteroatoms. The molecule has 0 aromatic carbocycles. The van der Waals surface area contributed by atoms with Crippen LogP contribution in [-0.4, -0.2) is 43.8 Å². The fourth-order valence-corrected chi connectivity index (χ4v) is 2.15. The van der Waals surface area contributed by atoms with Gasteiger partial charge in [0.2, 0.25) is 5.88 Å². The van der Waals surface area contributed by atoms with Gasteiger partial charge in [0, 0.05) is 6.07 Å². The number of amides is 1. The number of rotatable bonds is 9. The van der Waals surface area contributed by atoms with Crippen molar-refractivity contribution in [3.8, 4) is 5.88 Å². The van der Waals surface area contributed by atoms with E-state index in [0.29, 0.717) is 5.76 Å². The second-order valence-corrected chi connectivity index (χ2v) is 6.06. The largest absolute Gasteiger partial charge is 0.472 e. The number of aliphatic hydroxyl groups is 2. The van der Waals surface area contributed by atoms with Gasteiger partial charge in [0.15, 0.2) is 5.72 Å². The summed E-state index contributed by atoms with van der Waals surface area (Å²) in [4.78, 5) is 12.0. The number of H-pyrrole nitrogens is 1. The van der Waals surface area contributed by atoms with E-state index in [1.165, 1.54) is 13.0 Å². The molecule has 0 saturated carbocycles. The minimum atomic E-state index is -1.71. The molecular formula is C16H24N4O5. The Labute approximate surface area is 145 Å².